The molecule has 2 heterocycles. The third-order valence-electron chi connectivity index (χ3n) is 4.55. The molecule has 0 spiro atoms. The Labute approximate surface area is 124 Å². The van der Waals surface area contributed by atoms with E-state index in [0.29, 0.717) is 18.7 Å². The second-order valence-corrected chi connectivity index (χ2v) is 6.06. The lowest BCUT2D eigenvalue weighted by Crippen LogP contribution is -2.46. The molecule has 1 amide bonds. The fourth-order valence-corrected chi connectivity index (χ4v) is 3.24. The van der Waals surface area contributed by atoms with Crippen LogP contribution in [0.4, 0.5) is 0 Å². The van der Waals surface area contributed by atoms with Crippen molar-refractivity contribution in [2.75, 3.05) is 13.2 Å². The first-order chi connectivity index (χ1) is 10.1. The Morgan fingerprint density at radius 1 is 1.48 bits per heavy atom. The summed E-state index contributed by atoms with van der Waals surface area (Å²) in [5.74, 6) is -0.0625. The third-order valence-corrected chi connectivity index (χ3v) is 4.55. The van der Waals surface area contributed by atoms with Gasteiger partial charge in [0.05, 0.1) is 24.5 Å². The van der Waals surface area contributed by atoms with Gasteiger partial charge in [0.15, 0.2) is 5.69 Å². The van der Waals surface area contributed by atoms with Crippen molar-refractivity contribution in [2.24, 2.45) is 0 Å². The zero-order valence-electron chi connectivity index (χ0n) is 12.6. The van der Waals surface area contributed by atoms with Crippen molar-refractivity contribution in [3.05, 3.63) is 17.0 Å². The second kappa shape index (κ2) is 5.77. The van der Waals surface area contributed by atoms with Gasteiger partial charge in [-0.05, 0) is 33.1 Å². The average molecular weight is 293 g/mol. The minimum Gasteiger partial charge on any atom is -0.395 e. The van der Waals surface area contributed by atoms with Gasteiger partial charge in [-0.25, -0.2) is 0 Å². The predicted octanol–water partition coefficient (Wildman–Crippen LogP) is 1.42. The number of ether oxygens (including phenoxy) is 1. The van der Waals surface area contributed by atoms with Crippen LogP contribution in [-0.2, 0) is 11.2 Å². The summed E-state index contributed by atoms with van der Waals surface area (Å²) in [6.07, 6.45) is 3.93. The first-order valence-corrected chi connectivity index (χ1v) is 7.76. The van der Waals surface area contributed by atoms with Crippen molar-refractivity contribution < 1.29 is 14.6 Å². The van der Waals surface area contributed by atoms with Crippen LogP contribution in [0, 0.1) is 0 Å². The Morgan fingerprint density at radius 3 is 2.86 bits per heavy atom. The van der Waals surface area contributed by atoms with Crippen molar-refractivity contribution in [1.82, 2.24) is 15.1 Å². The summed E-state index contributed by atoms with van der Waals surface area (Å²) >= 11 is 0. The Bertz CT molecular complexity index is 524. The van der Waals surface area contributed by atoms with Crippen molar-refractivity contribution in [3.63, 3.8) is 0 Å². The topological polar surface area (TPSA) is 78.5 Å². The molecule has 2 aliphatic rings. The lowest BCUT2D eigenvalue weighted by atomic mass is 9.90. The second-order valence-electron chi connectivity index (χ2n) is 6.06. The van der Waals surface area contributed by atoms with Crippen LogP contribution in [0.2, 0.25) is 0 Å². The fourth-order valence-electron chi connectivity index (χ4n) is 3.24. The van der Waals surface area contributed by atoms with E-state index in [9.17, 15) is 9.90 Å². The molecular formula is C15H23N3O3. The number of amides is 1. The van der Waals surface area contributed by atoms with Crippen LogP contribution in [0.15, 0.2) is 0 Å². The van der Waals surface area contributed by atoms with Gasteiger partial charge in [-0.3, -0.25) is 9.89 Å². The van der Waals surface area contributed by atoms with Gasteiger partial charge in [-0.15, -0.1) is 0 Å². The van der Waals surface area contributed by atoms with Gasteiger partial charge in [0.2, 0.25) is 0 Å². The molecule has 1 aliphatic heterocycles. The molecule has 0 radical (unpaired) electrons. The molecule has 1 aliphatic carbocycles. The van der Waals surface area contributed by atoms with E-state index < -0.39 is 0 Å². The Kier molecular flexibility index (Phi) is 3.99. The highest BCUT2D eigenvalue weighted by Gasteiger charge is 2.34. The van der Waals surface area contributed by atoms with Crippen LogP contribution in [-0.4, -0.2) is 51.4 Å². The maximum atomic E-state index is 12.8. The monoisotopic (exact) mass is 293 g/mol. The normalized spacial score (nSPS) is 25.3. The van der Waals surface area contributed by atoms with Crippen molar-refractivity contribution >= 4 is 5.91 Å². The number of aliphatic hydroxyl groups is 1. The standard InChI is InChI=1S/C15H23N3O3/c1-9-8-12-13(10(2)21-9)16-17-14(12)15(20)18(6-7-19)11-4-3-5-11/h9-11,19H,3-8H2,1-2H3,(H,16,17)/t9-,10+/m1/s1. The lowest BCUT2D eigenvalue weighted by Gasteiger charge is -2.37. The van der Waals surface area contributed by atoms with E-state index in [-0.39, 0.29) is 30.8 Å². The van der Waals surface area contributed by atoms with E-state index >= 15 is 0 Å². The number of nitrogens with one attached hydrogen (secondary N) is 1. The summed E-state index contributed by atoms with van der Waals surface area (Å²) in [6, 6.07) is 0.256. The molecule has 0 bridgehead atoms. The highest BCUT2D eigenvalue weighted by Crippen LogP contribution is 2.32. The van der Waals surface area contributed by atoms with E-state index in [4.69, 9.17) is 4.74 Å². The van der Waals surface area contributed by atoms with Crippen LogP contribution in [0.3, 0.4) is 0 Å². The molecule has 0 unspecified atom stereocenters. The number of hydrogen-bond donors (Lipinski definition) is 2. The molecular weight excluding hydrogens is 270 g/mol. The first kappa shape index (κ1) is 14.5. The Balaban J connectivity index is 1.87. The zero-order valence-corrected chi connectivity index (χ0v) is 12.6. The molecule has 1 aromatic rings. The van der Waals surface area contributed by atoms with Gasteiger partial charge in [0.25, 0.3) is 5.91 Å². The molecule has 0 saturated heterocycles. The molecule has 6 nitrogen and oxygen atoms in total. The highest BCUT2D eigenvalue weighted by atomic mass is 16.5. The van der Waals surface area contributed by atoms with E-state index in [1.54, 1.807) is 4.90 Å². The van der Waals surface area contributed by atoms with E-state index in [1.807, 2.05) is 13.8 Å². The molecule has 3 rings (SSSR count). The van der Waals surface area contributed by atoms with Crippen molar-refractivity contribution in [3.8, 4) is 0 Å². The van der Waals surface area contributed by atoms with Crippen LogP contribution in [0.5, 0.6) is 0 Å². The SMILES string of the molecule is C[C@@H]1Cc2c(C(=O)N(CCO)C3CCC3)n[nH]c2[C@H](C)O1. The quantitative estimate of drug-likeness (QED) is 0.880. The van der Waals surface area contributed by atoms with Crippen molar-refractivity contribution in [2.45, 2.75) is 57.8 Å². The average Bonchev–Trinajstić information content (AvgIpc) is 2.79. The summed E-state index contributed by atoms with van der Waals surface area (Å²) in [5.41, 5.74) is 2.40. The number of aromatic amines is 1. The molecule has 2 atom stereocenters. The minimum atomic E-state index is -0.0625. The number of hydrogen-bond acceptors (Lipinski definition) is 4. The molecule has 6 heteroatoms. The number of aromatic nitrogens is 2. The molecule has 1 saturated carbocycles. The molecule has 2 N–H and O–H groups in total. The molecule has 1 aromatic heterocycles. The van der Waals surface area contributed by atoms with Gasteiger partial charge >= 0.3 is 0 Å². The van der Waals surface area contributed by atoms with Gasteiger partial charge in [0, 0.05) is 24.6 Å². The van der Waals surface area contributed by atoms with Crippen LogP contribution < -0.4 is 0 Å². The van der Waals surface area contributed by atoms with Crippen LogP contribution >= 0.6 is 0 Å². The lowest BCUT2D eigenvalue weighted by molar-refractivity contribution is -0.00707. The number of rotatable bonds is 4. The Morgan fingerprint density at radius 2 is 2.24 bits per heavy atom. The van der Waals surface area contributed by atoms with Crippen molar-refractivity contribution in [1.29, 1.82) is 0 Å². The fraction of sp³-hybridized carbons (Fsp3) is 0.733. The number of nitrogens with zero attached hydrogens (tertiary/aromatic N) is 2. The maximum Gasteiger partial charge on any atom is 0.274 e. The predicted molar refractivity (Wildman–Crippen MR) is 77.0 cm³/mol. The molecule has 1 fully saturated rings. The zero-order chi connectivity index (χ0) is 15.0. The van der Waals surface area contributed by atoms with Gasteiger partial charge in [0.1, 0.15) is 0 Å². The minimum absolute atomic E-state index is 0.00916. The molecule has 116 valence electrons. The molecule has 0 aromatic carbocycles. The summed E-state index contributed by atoms with van der Waals surface area (Å²) in [5, 5.41) is 16.4. The van der Waals surface area contributed by atoms with Crippen LogP contribution in [0.1, 0.15) is 61.0 Å². The summed E-state index contributed by atoms with van der Waals surface area (Å²) < 4.78 is 5.76. The molecule has 21 heavy (non-hydrogen) atoms. The maximum absolute atomic E-state index is 12.8. The number of aliphatic hydroxyl groups excluding tert-OH is 1. The van der Waals surface area contributed by atoms with Gasteiger partial charge < -0.3 is 14.7 Å². The Hall–Kier alpha value is -1.40. The number of carbonyl (C=O) groups excluding carboxylic acids is 1. The van der Waals surface area contributed by atoms with E-state index in [0.717, 1.165) is 30.5 Å². The first-order valence-electron chi connectivity index (χ1n) is 7.76. The smallest absolute Gasteiger partial charge is 0.274 e. The van der Waals surface area contributed by atoms with Crippen LogP contribution in [0.25, 0.3) is 0 Å². The number of H-pyrrole nitrogens is 1. The van der Waals surface area contributed by atoms with Gasteiger partial charge in [-0.1, -0.05) is 0 Å². The van der Waals surface area contributed by atoms with E-state index in [2.05, 4.69) is 10.2 Å². The number of carbonyl (C=O) groups is 1. The van der Waals surface area contributed by atoms with E-state index in [1.165, 1.54) is 0 Å². The summed E-state index contributed by atoms with van der Waals surface area (Å²) in [6.45, 7) is 4.36. The summed E-state index contributed by atoms with van der Waals surface area (Å²) in [7, 11) is 0. The highest BCUT2D eigenvalue weighted by molar-refractivity contribution is 5.94. The third kappa shape index (κ3) is 2.58. The summed E-state index contributed by atoms with van der Waals surface area (Å²) in [4.78, 5) is 14.6. The van der Waals surface area contributed by atoms with Gasteiger partial charge in [-0.2, -0.15) is 5.10 Å². The number of fused-ring (bicyclic) bond motifs is 1. The largest absolute Gasteiger partial charge is 0.395 e.